The van der Waals surface area contributed by atoms with E-state index in [2.05, 4.69) is 58.0 Å². The monoisotopic (exact) mass is 230 g/mol. The molecule has 1 rings (SSSR count). The van der Waals surface area contributed by atoms with Crippen LogP contribution in [0.5, 0.6) is 0 Å². The Morgan fingerprint density at radius 2 is 1.33 bits per heavy atom. The Morgan fingerprint density at radius 3 is 1.72 bits per heavy atom. The second kappa shape index (κ2) is 6.09. The minimum atomic E-state index is 1.20. The maximum absolute atomic E-state index is 3.95. The predicted octanol–water partition coefficient (Wildman–Crippen LogP) is -4.88. The van der Waals surface area contributed by atoms with Crippen molar-refractivity contribution in [3.8, 4) is 0 Å². The van der Waals surface area contributed by atoms with Gasteiger partial charge in [0.1, 0.15) is 39.2 Å². The maximum Gasteiger partial charge on any atom is 0.139 e. The summed E-state index contributed by atoms with van der Waals surface area (Å²) in [5.41, 5.74) is 9.46. The Balaban J connectivity index is 3.64. The van der Waals surface area contributed by atoms with Crippen LogP contribution in [0.4, 0.5) is 0 Å². The molecule has 0 aliphatic carbocycles. The fourth-order valence-electron chi connectivity index (χ4n) is 2.39. The van der Waals surface area contributed by atoms with Crippen LogP contribution in [-0.4, -0.2) is 39.2 Å². The average molecular weight is 229 g/mol. The van der Waals surface area contributed by atoms with Gasteiger partial charge in [-0.3, -0.25) is 0 Å². The molecule has 0 aromatic heterocycles. The van der Waals surface area contributed by atoms with E-state index in [9.17, 15) is 0 Å². The predicted molar refractivity (Wildman–Crippen MR) is 100 cm³/mol. The molecule has 18 heavy (non-hydrogen) atoms. The van der Waals surface area contributed by atoms with Crippen LogP contribution in [0.25, 0.3) is 5.57 Å². The number of hydrogen-bond donors (Lipinski definition) is 0. The number of benzene rings is 1. The van der Waals surface area contributed by atoms with Gasteiger partial charge in [-0.15, -0.1) is 16.4 Å². The fourth-order valence-corrected chi connectivity index (χ4v) is 2.39. The number of hydrogen-bond acceptors (Lipinski definition) is 0. The molecule has 1 aromatic carbocycles. The first-order chi connectivity index (χ1) is 8.45. The molecule has 0 saturated carbocycles. The molecule has 86 valence electrons. The number of rotatable bonds is 3. The highest BCUT2D eigenvalue weighted by atomic mass is 14.1. The summed E-state index contributed by atoms with van der Waals surface area (Å²) in [5.74, 6) is 0. The van der Waals surface area contributed by atoms with Crippen LogP contribution in [0.2, 0.25) is 0 Å². The van der Waals surface area contributed by atoms with Crippen LogP contribution in [0.1, 0.15) is 12.5 Å². The summed E-state index contributed by atoms with van der Waals surface area (Å²) in [6.07, 6.45) is 8.20. The van der Waals surface area contributed by atoms with Crippen LogP contribution < -0.4 is 27.3 Å². The molecule has 0 fully saturated rings. The highest BCUT2D eigenvalue weighted by molar-refractivity contribution is 6.67. The van der Waals surface area contributed by atoms with Crippen LogP contribution in [0.15, 0.2) is 30.9 Å². The Morgan fingerprint density at radius 1 is 0.889 bits per heavy atom. The van der Waals surface area contributed by atoms with E-state index in [1.165, 1.54) is 38.5 Å². The summed E-state index contributed by atoms with van der Waals surface area (Å²) in [4.78, 5) is 0. The molecule has 0 radical (unpaired) electrons. The van der Waals surface area contributed by atoms with Gasteiger partial charge in [0.05, 0.1) is 0 Å². The molecule has 0 aliphatic rings. The van der Waals surface area contributed by atoms with E-state index >= 15 is 0 Å². The zero-order chi connectivity index (χ0) is 13.9. The minimum absolute atomic E-state index is 1.20. The molecule has 5 heteroatoms. The van der Waals surface area contributed by atoms with Gasteiger partial charge < -0.3 is 0 Å². The quantitative estimate of drug-likeness (QED) is 0.360. The fraction of sp³-hybridized carbons (Fsp3) is 0.0769. The lowest BCUT2D eigenvalue weighted by atomic mass is 9.59. The van der Waals surface area contributed by atoms with Crippen LogP contribution >= 0.6 is 0 Å². The minimum Gasteiger partial charge on any atom is -0.102 e. The lowest BCUT2D eigenvalue weighted by molar-refractivity contribution is 1.72. The van der Waals surface area contributed by atoms with Crippen LogP contribution in [-0.2, 0) is 0 Å². The summed E-state index contributed by atoms with van der Waals surface area (Å²) in [6, 6.07) is 0. The zero-order valence-corrected chi connectivity index (χ0v) is 12.5. The highest BCUT2D eigenvalue weighted by Gasteiger charge is 2.12. The van der Waals surface area contributed by atoms with Gasteiger partial charge in [0.2, 0.25) is 0 Å². The first-order valence-electron chi connectivity index (χ1n) is 6.48. The molecule has 0 nitrogen and oxygen atoms in total. The highest BCUT2D eigenvalue weighted by Crippen LogP contribution is 2.09. The first kappa shape index (κ1) is 14.8. The lowest BCUT2D eigenvalue weighted by Crippen LogP contribution is -2.56. The Labute approximate surface area is 116 Å². The first-order valence-corrected chi connectivity index (χ1v) is 6.48. The standard InChI is InChI=1S/C13H19B5/c1-3-5-6-7(4-2)8-9(14)11(16)13(18)12(17)10(8)15/h3-6H,2,14-18H2,1H3/b5-3-,7-6+. The van der Waals surface area contributed by atoms with E-state index in [0.717, 1.165) is 0 Å². The molecular weight excluding hydrogens is 210 g/mol. The second-order valence-corrected chi connectivity index (χ2v) is 4.85. The van der Waals surface area contributed by atoms with Crippen molar-refractivity contribution in [3.63, 3.8) is 0 Å². The molecule has 0 unspecified atom stereocenters. The largest absolute Gasteiger partial charge is 0.139 e. The van der Waals surface area contributed by atoms with E-state index in [-0.39, 0.29) is 0 Å². The molecule has 0 aliphatic heterocycles. The zero-order valence-electron chi connectivity index (χ0n) is 12.5. The van der Waals surface area contributed by atoms with Gasteiger partial charge in [-0.05, 0) is 18.1 Å². The summed E-state index contributed by atoms with van der Waals surface area (Å²) in [6.45, 7) is 5.98. The molecule has 1 aromatic rings. The molecule has 0 spiro atoms. The molecule has 0 atom stereocenters. The maximum atomic E-state index is 3.95. The molecular formula is C13H19B5. The Hall–Kier alpha value is -1.24. The summed E-state index contributed by atoms with van der Waals surface area (Å²) in [7, 11) is 11.0. The van der Waals surface area contributed by atoms with Crippen LogP contribution in [0, 0.1) is 0 Å². The van der Waals surface area contributed by atoms with E-state index in [1.807, 2.05) is 19.1 Å². The van der Waals surface area contributed by atoms with Crippen molar-refractivity contribution < 1.29 is 0 Å². The summed E-state index contributed by atoms with van der Waals surface area (Å²) in [5, 5.41) is 0. The average Bonchev–Trinajstić information content (AvgIpc) is 2.38. The lowest BCUT2D eigenvalue weighted by Gasteiger charge is -2.20. The van der Waals surface area contributed by atoms with Crippen molar-refractivity contribution in [3.05, 3.63) is 36.4 Å². The third-order valence-corrected chi connectivity index (χ3v) is 3.98. The van der Waals surface area contributed by atoms with Gasteiger partial charge in [0.15, 0.2) is 0 Å². The van der Waals surface area contributed by atoms with Gasteiger partial charge in [-0.25, -0.2) is 0 Å². The third-order valence-electron chi connectivity index (χ3n) is 3.98. The molecule has 0 saturated heterocycles. The van der Waals surface area contributed by atoms with Gasteiger partial charge >= 0.3 is 0 Å². The Kier molecular flexibility index (Phi) is 5.01. The third kappa shape index (κ3) is 2.61. The summed E-state index contributed by atoms with van der Waals surface area (Å²) < 4.78 is 0. The molecule has 0 N–H and O–H groups in total. The summed E-state index contributed by atoms with van der Waals surface area (Å²) >= 11 is 0. The van der Waals surface area contributed by atoms with Crippen LogP contribution in [0.3, 0.4) is 0 Å². The SMILES string of the molecule is Bc1c(B)c(B)c(/C(C=C)=C/C=C\C)c(B)c1B. The van der Waals surface area contributed by atoms with Gasteiger partial charge in [-0.2, -0.15) is 0 Å². The van der Waals surface area contributed by atoms with Crippen molar-refractivity contribution in [2.24, 2.45) is 0 Å². The van der Waals surface area contributed by atoms with E-state index in [4.69, 9.17) is 0 Å². The topological polar surface area (TPSA) is 0 Å². The van der Waals surface area contributed by atoms with Crippen molar-refractivity contribution in [2.45, 2.75) is 6.92 Å². The smallest absolute Gasteiger partial charge is 0.102 e. The molecule has 0 heterocycles. The number of allylic oxidation sites excluding steroid dienone is 5. The second-order valence-electron chi connectivity index (χ2n) is 4.85. The normalized spacial score (nSPS) is 11.9. The molecule has 0 amide bonds. The van der Waals surface area contributed by atoms with Gasteiger partial charge in [0, 0.05) is 0 Å². The Bertz CT molecular complexity index is 512. The van der Waals surface area contributed by atoms with Crippen molar-refractivity contribution in [1.29, 1.82) is 0 Å². The van der Waals surface area contributed by atoms with E-state index in [0.29, 0.717) is 0 Å². The van der Waals surface area contributed by atoms with Crippen molar-refractivity contribution >= 4 is 72.1 Å². The van der Waals surface area contributed by atoms with Crippen molar-refractivity contribution in [2.75, 3.05) is 0 Å². The molecule has 0 bridgehead atoms. The van der Waals surface area contributed by atoms with E-state index < -0.39 is 0 Å². The van der Waals surface area contributed by atoms with Gasteiger partial charge in [-0.1, -0.05) is 41.8 Å². The van der Waals surface area contributed by atoms with Gasteiger partial charge in [0.25, 0.3) is 0 Å². The van der Waals surface area contributed by atoms with E-state index in [1.54, 1.807) is 0 Å². The van der Waals surface area contributed by atoms with Crippen molar-refractivity contribution in [1.82, 2.24) is 0 Å².